The number of hydrogen-bond acceptors (Lipinski definition) is 19. The molecule has 0 radical (unpaired) electrons. The Morgan fingerprint density at radius 2 is 1.14 bits per heavy atom. The van der Waals surface area contributed by atoms with E-state index in [4.69, 9.17) is 18.8 Å². The molecule has 0 aliphatic heterocycles. The fraction of sp³-hybridized carbons (Fsp3) is 0.214. The van der Waals surface area contributed by atoms with E-state index in [1.807, 2.05) is 0 Å². The van der Waals surface area contributed by atoms with Gasteiger partial charge in [0.25, 0.3) is 20.2 Å². The lowest BCUT2D eigenvalue weighted by molar-refractivity contribution is 0.284. The Balaban J connectivity index is 1.95. The number of phenolic OH excluding ortho intramolecular Hbond substituents is 1. The summed E-state index contributed by atoms with van der Waals surface area (Å²) in [5.74, 6) is -2.97. The van der Waals surface area contributed by atoms with E-state index < -0.39 is 107 Å². The first-order valence-electron chi connectivity index (χ1n) is 14.9. The van der Waals surface area contributed by atoms with Crippen molar-refractivity contribution in [2.45, 2.75) is 21.6 Å². The first-order chi connectivity index (χ1) is 26.2. The van der Waals surface area contributed by atoms with E-state index in [1.165, 1.54) is 6.92 Å². The topological polar surface area (TPSA) is 370 Å². The third-order valence-electron chi connectivity index (χ3n) is 7.38. The first-order valence-corrected chi connectivity index (χ1v) is 22.2. The van der Waals surface area contributed by atoms with Crippen molar-refractivity contribution in [3.8, 4) is 23.0 Å². The normalized spacial score (nSPS) is 13.1. The zero-order chi connectivity index (χ0) is 42.9. The molecule has 4 aromatic rings. The second-order valence-corrected chi connectivity index (χ2v) is 18.2. The van der Waals surface area contributed by atoms with Gasteiger partial charge in [0, 0.05) is 29.0 Å². The number of hydrogen-bond donors (Lipinski definition) is 6. The van der Waals surface area contributed by atoms with Crippen molar-refractivity contribution >= 4 is 90.0 Å². The molecule has 0 aromatic heterocycles. The number of rotatable bonds is 16. The molecule has 0 amide bonds. The second-order valence-electron chi connectivity index (χ2n) is 11.1. The summed E-state index contributed by atoms with van der Waals surface area (Å²) in [5, 5.41) is 26.0. The third-order valence-corrected chi connectivity index (χ3v) is 11.9. The maximum Gasteiger partial charge on any atom is 0.397 e. The molecule has 4 aromatic carbocycles. The van der Waals surface area contributed by atoms with Crippen LogP contribution < -0.4 is 18.9 Å². The van der Waals surface area contributed by atoms with Crippen molar-refractivity contribution in [3.05, 3.63) is 48.0 Å². The summed E-state index contributed by atoms with van der Waals surface area (Å²) in [6.45, 7) is 0.364. The molecule has 0 fully saturated rings. The van der Waals surface area contributed by atoms with Gasteiger partial charge in [-0.3, -0.25) is 22.9 Å². The zero-order valence-electron chi connectivity index (χ0n) is 29.2. The van der Waals surface area contributed by atoms with Crippen LogP contribution in [0, 0.1) is 6.92 Å². The number of aryl methyl sites for hydroxylation is 1. The summed E-state index contributed by atoms with van der Waals surface area (Å²) in [6.07, 6.45) is 0. The highest BCUT2D eigenvalue weighted by atomic mass is 32.3. The van der Waals surface area contributed by atoms with Gasteiger partial charge in [-0.05, 0) is 36.8 Å². The van der Waals surface area contributed by atoms with Crippen molar-refractivity contribution in [1.82, 2.24) is 0 Å². The lowest BCUT2D eigenvalue weighted by atomic mass is 10.1. The molecule has 310 valence electrons. The van der Waals surface area contributed by atoms with Crippen LogP contribution in [0.3, 0.4) is 0 Å². The molecule has 0 atom stereocenters. The molecule has 6 N–H and O–H groups in total. The third kappa shape index (κ3) is 10.6. The summed E-state index contributed by atoms with van der Waals surface area (Å²) in [4.78, 5) is -2.27. The highest BCUT2D eigenvalue weighted by Gasteiger charge is 2.27. The minimum absolute atomic E-state index is 0.00918. The highest BCUT2D eigenvalue weighted by molar-refractivity contribution is 7.91. The number of benzene rings is 4. The van der Waals surface area contributed by atoms with Gasteiger partial charge >= 0.3 is 20.7 Å². The van der Waals surface area contributed by atoms with Crippen molar-refractivity contribution in [1.29, 1.82) is 0 Å². The molecule has 24 nitrogen and oxygen atoms in total. The van der Waals surface area contributed by atoms with E-state index in [2.05, 4.69) is 24.6 Å². The van der Waals surface area contributed by atoms with Crippen LogP contribution in [0.1, 0.15) is 5.56 Å². The van der Waals surface area contributed by atoms with Gasteiger partial charge in [-0.1, -0.05) is 0 Å². The van der Waals surface area contributed by atoms with Crippen LogP contribution in [0.2, 0.25) is 0 Å². The molecule has 0 saturated heterocycles. The average Bonchev–Trinajstić information content (AvgIpc) is 3.07. The van der Waals surface area contributed by atoms with Crippen LogP contribution in [0.15, 0.2) is 77.6 Å². The van der Waals surface area contributed by atoms with Gasteiger partial charge in [0.2, 0.25) is 0 Å². The summed E-state index contributed by atoms with van der Waals surface area (Å²) >= 11 is 0. The number of nitrogens with one attached hydrogen (secondary N) is 1. The predicted molar refractivity (Wildman–Crippen MR) is 196 cm³/mol. The SMILES string of the molecule is COc1cc(S(=O)(=O)CCOS(=O)(=O)O)c(C)cc1N=Nc1c(S(=O)(=O)O)cc2c(N=Nc3cc(OC)c(S(=O)(=O)O)cc3OC)c(NS(=O)(=O)O)ccc2c1O. The molecule has 0 aliphatic rings. The standard InChI is InChI=1S/C28H29N5O19S5/c1-14-9-18(20(49-2)12-23(14)53(35,36)8-7-52-57(46,47)48)29-32-27-25(55(40,41)42)10-16-15(28(27)34)5-6-17(33-56(43,44)45)26(16)31-30-19-11-22(51-4)24(54(37,38)39)13-21(19)50-3/h5-6,9-13,33-34H,7-8H2,1-4H3,(H,37,38,39)(H,40,41,42)(H,43,44,45)(H,46,47,48). The van der Waals surface area contributed by atoms with Crippen molar-refractivity contribution in [2.75, 3.05) is 38.4 Å². The first kappa shape index (κ1) is 44.6. The van der Waals surface area contributed by atoms with E-state index in [0.717, 1.165) is 57.7 Å². The smallest absolute Gasteiger partial charge is 0.397 e. The average molecular weight is 900 g/mol. The fourth-order valence-corrected chi connectivity index (χ4v) is 8.46. The molecule has 57 heavy (non-hydrogen) atoms. The maximum atomic E-state index is 12.9. The lowest BCUT2D eigenvalue weighted by Gasteiger charge is -2.14. The van der Waals surface area contributed by atoms with Gasteiger partial charge in [-0.15, -0.1) is 20.5 Å². The van der Waals surface area contributed by atoms with Crippen LogP contribution in [-0.2, 0) is 55.0 Å². The Morgan fingerprint density at radius 1 is 0.614 bits per heavy atom. The minimum Gasteiger partial charge on any atom is -0.505 e. The van der Waals surface area contributed by atoms with E-state index in [1.54, 1.807) is 4.72 Å². The molecule has 29 heteroatoms. The maximum absolute atomic E-state index is 12.9. The van der Waals surface area contributed by atoms with Crippen LogP contribution in [-0.4, -0.2) is 99.1 Å². The Kier molecular flexibility index (Phi) is 12.8. The summed E-state index contributed by atoms with van der Waals surface area (Å²) in [7, 11) is -21.3. The van der Waals surface area contributed by atoms with Crippen molar-refractivity contribution in [3.63, 3.8) is 0 Å². The number of azo groups is 2. The second kappa shape index (κ2) is 16.4. The lowest BCUT2D eigenvalue weighted by Crippen LogP contribution is -2.16. The van der Waals surface area contributed by atoms with Crippen LogP contribution in [0.4, 0.5) is 28.4 Å². The van der Waals surface area contributed by atoms with Crippen molar-refractivity contribution < 1.29 is 83.8 Å². The van der Waals surface area contributed by atoms with Gasteiger partial charge < -0.3 is 19.3 Å². The molecule has 0 saturated carbocycles. The van der Waals surface area contributed by atoms with Gasteiger partial charge in [-0.25, -0.2) is 12.6 Å². The molecule has 4 rings (SSSR count). The van der Waals surface area contributed by atoms with Crippen LogP contribution in [0.5, 0.6) is 23.0 Å². The molecule has 0 aliphatic carbocycles. The molecular weight excluding hydrogens is 871 g/mol. The molecular formula is C28H29N5O19S5. The van der Waals surface area contributed by atoms with Gasteiger partial charge in [-0.2, -0.15) is 33.7 Å². The Hall–Kier alpha value is -5.11. The molecule has 0 unspecified atom stereocenters. The number of methoxy groups -OCH3 is 3. The number of aromatic hydroxyl groups is 1. The number of phenols is 1. The summed E-state index contributed by atoms with van der Waals surface area (Å²) in [6, 6.07) is 6.49. The number of anilines is 1. The molecule has 0 bridgehead atoms. The van der Waals surface area contributed by atoms with Gasteiger partial charge in [0.05, 0.1) is 44.3 Å². The summed E-state index contributed by atoms with van der Waals surface area (Å²) in [5.41, 5.74) is -2.68. The molecule has 0 spiro atoms. The monoisotopic (exact) mass is 899 g/mol. The number of ether oxygens (including phenoxy) is 3. The van der Waals surface area contributed by atoms with E-state index in [9.17, 15) is 60.9 Å². The van der Waals surface area contributed by atoms with E-state index in [-0.39, 0.29) is 38.7 Å². The van der Waals surface area contributed by atoms with Crippen LogP contribution >= 0.6 is 0 Å². The van der Waals surface area contributed by atoms with Crippen LogP contribution in [0.25, 0.3) is 10.8 Å². The fourth-order valence-electron chi connectivity index (χ4n) is 4.96. The summed E-state index contributed by atoms with van der Waals surface area (Å²) < 4.78 is 179. The Bertz CT molecular complexity index is 2900. The van der Waals surface area contributed by atoms with E-state index >= 15 is 0 Å². The number of fused-ring (bicyclic) bond motifs is 1. The predicted octanol–water partition coefficient (Wildman–Crippen LogP) is 4.01. The number of nitrogens with zero attached hydrogens (tertiary/aromatic N) is 4. The minimum atomic E-state index is -5.37. The largest absolute Gasteiger partial charge is 0.505 e. The Labute approximate surface area is 324 Å². The Morgan fingerprint density at radius 3 is 1.65 bits per heavy atom. The van der Waals surface area contributed by atoms with Crippen molar-refractivity contribution in [2.24, 2.45) is 20.5 Å². The molecule has 0 heterocycles. The quantitative estimate of drug-likeness (QED) is 0.0683. The van der Waals surface area contributed by atoms with Gasteiger partial charge in [0.1, 0.15) is 49.8 Å². The van der Waals surface area contributed by atoms with Gasteiger partial charge in [0.15, 0.2) is 15.6 Å². The highest BCUT2D eigenvalue weighted by Crippen LogP contribution is 2.48. The van der Waals surface area contributed by atoms with E-state index in [0.29, 0.717) is 6.07 Å². The zero-order valence-corrected chi connectivity index (χ0v) is 33.3. The number of sulfone groups is 1.